The Morgan fingerprint density at radius 1 is 1.44 bits per heavy atom. The van der Waals surface area contributed by atoms with Crippen molar-refractivity contribution in [3.8, 4) is 0 Å². The Morgan fingerprint density at radius 2 is 2.11 bits per heavy atom. The second-order valence-electron chi connectivity index (χ2n) is 3.10. The molecule has 1 aliphatic rings. The summed E-state index contributed by atoms with van der Waals surface area (Å²) in [5, 5.41) is 0.237. The molecule has 1 saturated carbocycles. The molecule has 1 nitrogen and oxygen atoms in total. The van der Waals surface area contributed by atoms with Crippen LogP contribution < -0.4 is 5.73 Å². The standard InChI is InChI=1S/C7H14ClN/c1-5-2-3-6(8)7(9)4-5/h5-7H,2-4,9H2,1H3. The lowest BCUT2D eigenvalue weighted by molar-refractivity contribution is 0.349. The Morgan fingerprint density at radius 3 is 2.56 bits per heavy atom. The van der Waals surface area contributed by atoms with Crippen molar-refractivity contribution >= 4 is 11.6 Å². The Balaban J connectivity index is 2.35. The predicted octanol–water partition coefficient (Wildman–Crippen LogP) is 1.74. The first-order valence-corrected chi connectivity index (χ1v) is 4.03. The zero-order valence-corrected chi connectivity index (χ0v) is 6.56. The molecule has 0 bridgehead atoms. The molecule has 0 aliphatic heterocycles. The maximum Gasteiger partial charge on any atom is 0.0487 e. The summed E-state index contributed by atoms with van der Waals surface area (Å²) in [7, 11) is 0. The van der Waals surface area contributed by atoms with Gasteiger partial charge in [0.2, 0.25) is 0 Å². The third-order valence-corrected chi connectivity index (χ3v) is 2.62. The fourth-order valence-corrected chi connectivity index (χ4v) is 1.62. The van der Waals surface area contributed by atoms with E-state index in [1.807, 2.05) is 0 Å². The van der Waals surface area contributed by atoms with Crippen molar-refractivity contribution in [3.05, 3.63) is 0 Å². The molecule has 0 amide bonds. The summed E-state index contributed by atoms with van der Waals surface area (Å²) >= 11 is 5.91. The van der Waals surface area contributed by atoms with E-state index >= 15 is 0 Å². The van der Waals surface area contributed by atoms with E-state index in [0.717, 1.165) is 18.8 Å². The van der Waals surface area contributed by atoms with Gasteiger partial charge in [0.25, 0.3) is 0 Å². The van der Waals surface area contributed by atoms with Gasteiger partial charge in [-0.3, -0.25) is 0 Å². The van der Waals surface area contributed by atoms with Crippen molar-refractivity contribution in [2.45, 2.75) is 37.6 Å². The summed E-state index contributed by atoms with van der Waals surface area (Å²) in [6, 6.07) is 0.246. The SMILES string of the molecule is CC1CCC(Cl)C(N)C1. The van der Waals surface area contributed by atoms with E-state index in [4.69, 9.17) is 17.3 Å². The quantitative estimate of drug-likeness (QED) is 0.519. The van der Waals surface area contributed by atoms with Crippen molar-refractivity contribution in [3.63, 3.8) is 0 Å². The van der Waals surface area contributed by atoms with Gasteiger partial charge in [0.1, 0.15) is 0 Å². The molecule has 0 aromatic rings. The van der Waals surface area contributed by atoms with E-state index in [0.29, 0.717) is 0 Å². The minimum absolute atomic E-state index is 0.237. The lowest BCUT2D eigenvalue weighted by Crippen LogP contribution is -2.36. The van der Waals surface area contributed by atoms with Crippen LogP contribution in [0.4, 0.5) is 0 Å². The average molecular weight is 148 g/mol. The average Bonchev–Trinajstić information content (AvgIpc) is 1.80. The van der Waals surface area contributed by atoms with Crippen LogP contribution in [0.3, 0.4) is 0 Å². The van der Waals surface area contributed by atoms with Crippen LogP contribution in [0.2, 0.25) is 0 Å². The molecule has 2 N–H and O–H groups in total. The second-order valence-corrected chi connectivity index (χ2v) is 3.66. The molecule has 0 heterocycles. The summed E-state index contributed by atoms with van der Waals surface area (Å²) in [6.07, 6.45) is 3.46. The van der Waals surface area contributed by atoms with Gasteiger partial charge >= 0.3 is 0 Å². The number of hydrogen-bond acceptors (Lipinski definition) is 1. The summed E-state index contributed by atoms with van der Waals surface area (Å²) < 4.78 is 0. The maximum atomic E-state index is 5.91. The summed E-state index contributed by atoms with van der Waals surface area (Å²) in [5.74, 6) is 0.787. The molecule has 0 spiro atoms. The first-order valence-electron chi connectivity index (χ1n) is 3.60. The normalized spacial score (nSPS) is 45.0. The highest BCUT2D eigenvalue weighted by Crippen LogP contribution is 2.25. The van der Waals surface area contributed by atoms with Gasteiger partial charge in [-0.15, -0.1) is 11.6 Å². The number of rotatable bonds is 0. The number of halogens is 1. The van der Waals surface area contributed by atoms with Gasteiger partial charge in [-0.25, -0.2) is 0 Å². The van der Waals surface area contributed by atoms with E-state index in [-0.39, 0.29) is 11.4 Å². The van der Waals surface area contributed by atoms with Crippen LogP contribution in [0.1, 0.15) is 26.2 Å². The molecular weight excluding hydrogens is 134 g/mol. The molecule has 0 saturated heterocycles. The molecule has 2 heteroatoms. The highest BCUT2D eigenvalue weighted by molar-refractivity contribution is 6.21. The Hall–Kier alpha value is 0.250. The van der Waals surface area contributed by atoms with Crippen LogP contribution in [0, 0.1) is 5.92 Å². The van der Waals surface area contributed by atoms with E-state index in [2.05, 4.69) is 6.92 Å². The topological polar surface area (TPSA) is 26.0 Å². The first-order chi connectivity index (χ1) is 4.20. The number of hydrogen-bond donors (Lipinski definition) is 1. The highest BCUT2D eigenvalue weighted by atomic mass is 35.5. The number of alkyl halides is 1. The third kappa shape index (κ3) is 1.84. The zero-order chi connectivity index (χ0) is 6.85. The van der Waals surface area contributed by atoms with E-state index < -0.39 is 0 Å². The monoisotopic (exact) mass is 147 g/mol. The van der Waals surface area contributed by atoms with E-state index in [1.54, 1.807) is 0 Å². The van der Waals surface area contributed by atoms with Gasteiger partial charge in [0.05, 0.1) is 0 Å². The van der Waals surface area contributed by atoms with Crippen LogP contribution in [-0.2, 0) is 0 Å². The van der Waals surface area contributed by atoms with Crippen LogP contribution in [-0.4, -0.2) is 11.4 Å². The Kier molecular flexibility index (Phi) is 2.36. The van der Waals surface area contributed by atoms with Gasteiger partial charge < -0.3 is 5.73 Å². The fraction of sp³-hybridized carbons (Fsp3) is 1.00. The molecular formula is C7H14ClN. The minimum atomic E-state index is 0.237. The Labute approximate surface area is 61.6 Å². The lowest BCUT2D eigenvalue weighted by Gasteiger charge is -2.27. The van der Waals surface area contributed by atoms with Gasteiger partial charge in [-0.05, 0) is 25.2 Å². The van der Waals surface area contributed by atoms with Crippen molar-refractivity contribution in [1.29, 1.82) is 0 Å². The fourth-order valence-electron chi connectivity index (χ4n) is 1.39. The van der Waals surface area contributed by atoms with Crippen molar-refractivity contribution in [2.75, 3.05) is 0 Å². The molecule has 3 unspecified atom stereocenters. The highest BCUT2D eigenvalue weighted by Gasteiger charge is 2.23. The summed E-state index contributed by atoms with van der Waals surface area (Å²) in [5.41, 5.74) is 5.74. The smallest absolute Gasteiger partial charge is 0.0487 e. The lowest BCUT2D eigenvalue weighted by atomic mass is 9.87. The van der Waals surface area contributed by atoms with Crippen molar-refractivity contribution < 1.29 is 0 Å². The molecule has 9 heavy (non-hydrogen) atoms. The number of nitrogens with two attached hydrogens (primary N) is 1. The van der Waals surface area contributed by atoms with Crippen LogP contribution in [0.5, 0.6) is 0 Å². The van der Waals surface area contributed by atoms with Crippen molar-refractivity contribution in [2.24, 2.45) is 11.7 Å². The molecule has 1 fully saturated rings. The van der Waals surface area contributed by atoms with E-state index in [1.165, 1.54) is 6.42 Å². The van der Waals surface area contributed by atoms with E-state index in [9.17, 15) is 0 Å². The molecule has 3 atom stereocenters. The van der Waals surface area contributed by atoms with Crippen LogP contribution in [0.15, 0.2) is 0 Å². The zero-order valence-electron chi connectivity index (χ0n) is 5.81. The maximum absolute atomic E-state index is 5.91. The largest absolute Gasteiger partial charge is 0.326 e. The molecule has 0 aromatic carbocycles. The summed E-state index contributed by atoms with van der Waals surface area (Å²) in [4.78, 5) is 0. The molecule has 0 aromatic heterocycles. The predicted molar refractivity (Wildman–Crippen MR) is 40.6 cm³/mol. The van der Waals surface area contributed by atoms with Crippen molar-refractivity contribution in [1.82, 2.24) is 0 Å². The molecule has 0 radical (unpaired) electrons. The van der Waals surface area contributed by atoms with Crippen LogP contribution in [0.25, 0.3) is 0 Å². The molecule has 1 aliphatic carbocycles. The van der Waals surface area contributed by atoms with Gasteiger partial charge in [0.15, 0.2) is 0 Å². The van der Waals surface area contributed by atoms with Gasteiger partial charge in [-0.1, -0.05) is 6.92 Å². The molecule has 54 valence electrons. The minimum Gasteiger partial charge on any atom is -0.326 e. The van der Waals surface area contributed by atoms with Gasteiger partial charge in [0, 0.05) is 11.4 Å². The Bertz CT molecular complexity index is 94.9. The second kappa shape index (κ2) is 2.89. The first kappa shape index (κ1) is 7.36. The summed E-state index contributed by atoms with van der Waals surface area (Å²) in [6.45, 7) is 2.24. The van der Waals surface area contributed by atoms with Gasteiger partial charge in [-0.2, -0.15) is 0 Å². The molecule has 1 rings (SSSR count). The third-order valence-electron chi connectivity index (χ3n) is 2.07. The van der Waals surface area contributed by atoms with Crippen LogP contribution >= 0.6 is 11.6 Å².